The molecule has 1 amide bonds. The molecule has 8 nitrogen and oxygen atoms in total. The first kappa shape index (κ1) is 25.8. The van der Waals surface area contributed by atoms with Crippen molar-refractivity contribution in [3.8, 4) is 17.4 Å². The highest BCUT2D eigenvalue weighted by atomic mass is 35.5. The van der Waals surface area contributed by atoms with Crippen molar-refractivity contribution in [2.45, 2.75) is 40.0 Å². The molecule has 0 spiro atoms. The van der Waals surface area contributed by atoms with E-state index in [0.717, 1.165) is 43.1 Å². The summed E-state index contributed by atoms with van der Waals surface area (Å²) in [6.45, 7) is 7.85. The van der Waals surface area contributed by atoms with E-state index >= 15 is 0 Å². The van der Waals surface area contributed by atoms with E-state index in [-0.39, 0.29) is 30.7 Å². The van der Waals surface area contributed by atoms with Crippen LogP contribution in [-0.4, -0.2) is 50.7 Å². The summed E-state index contributed by atoms with van der Waals surface area (Å²) in [6.07, 6.45) is 2.59. The Labute approximate surface area is 200 Å². The van der Waals surface area contributed by atoms with Gasteiger partial charge in [0.15, 0.2) is 17.4 Å². The lowest BCUT2D eigenvalue weighted by atomic mass is 9.93. The molecule has 174 valence electrons. The lowest BCUT2D eigenvalue weighted by Gasteiger charge is -2.28. The van der Waals surface area contributed by atoms with Crippen LogP contribution in [-0.2, 0) is 4.79 Å². The van der Waals surface area contributed by atoms with Gasteiger partial charge in [0.05, 0.1) is 5.69 Å². The Balaban J connectivity index is 0.00000181. The van der Waals surface area contributed by atoms with Crippen molar-refractivity contribution in [2.75, 3.05) is 25.5 Å². The molecule has 3 aromatic heterocycles. The van der Waals surface area contributed by atoms with E-state index in [4.69, 9.17) is 4.42 Å². The number of likely N-dealkylation sites (tertiary alicyclic amines) is 1. The number of anilines is 1. The van der Waals surface area contributed by atoms with Crippen LogP contribution in [0.25, 0.3) is 17.4 Å². The van der Waals surface area contributed by atoms with Gasteiger partial charge in [-0.1, -0.05) is 0 Å². The summed E-state index contributed by atoms with van der Waals surface area (Å²) >= 11 is 0. The number of carbonyl (C=O) groups excluding carboxylic acids is 1. The number of amides is 1. The maximum Gasteiger partial charge on any atom is 0.225 e. The molecule has 1 saturated heterocycles. The number of piperidine rings is 1. The highest BCUT2D eigenvalue weighted by molar-refractivity contribution is 5.90. The van der Waals surface area contributed by atoms with E-state index in [0.29, 0.717) is 35.6 Å². The third-order valence-corrected chi connectivity index (χ3v) is 5.48. The second-order valence-electron chi connectivity index (χ2n) is 8.18. The predicted octanol–water partition coefficient (Wildman–Crippen LogP) is 4.36. The third kappa shape index (κ3) is 6.09. The minimum Gasteiger partial charge on any atom is -0.458 e. The Morgan fingerprint density at radius 1 is 1.12 bits per heavy atom. The fraction of sp³-hybridized carbons (Fsp3) is 0.455. The Bertz CT molecular complexity index is 1060. The van der Waals surface area contributed by atoms with E-state index < -0.39 is 0 Å². The molecule has 0 bridgehead atoms. The highest BCUT2D eigenvalue weighted by Crippen LogP contribution is 2.24. The highest BCUT2D eigenvalue weighted by Gasteiger charge is 2.21. The first-order chi connectivity index (χ1) is 14.4. The van der Waals surface area contributed by atoms with E-state index in [1.807, 2.05) is 39.0 Å². The van der Waals surface area contributed by atoms with Gasteiger partial charge in [-0.2, -0.15) is 5.10 Å². The summed E-state index contributed by atoms with van der Waals surface area (Å²) in [5, 5.41) is 7.49. The summed E-state index contributed by atoms with van der Waals surface area (Å²) in [5.41, 5.74) is 1.85. The van der Waals surface area contributed by atoms with Crippen LogP contribution in [0.15, 0.2) is 28.7 Å². The van der Waals surface area contributed by atoms with Gasteiger partial charge in [0.1, 0.15) is 11.6 Å². The monoisotopic (exact) mass is 480 g/mol. The zero-order valence-corrected chi connectivity index (χ0v) is 20.4. The molecule has 0 radical (unpaired) electrons. The first-order valence-electron chi connectivity index (χ1n) is 10.4. The summed E-state index contributed by atoms with van der Waals surface area (Å²) in [7, 11) is 2.12. The van der Waals surface area contributed by atoms with Crippen molar-refractivity contribution >= 4 is 36.5 Å². The Morgan fingerprint density at radius 3 is 2.44 bits per heavy atom. The van der Waals surface area contributed by atoms with Gasteiger partial charge in [-0.05, 0) is 77.9 Å². The Hall–Kier alpha value is -2.42. The maximum atomic E-state index is 12.7. The molecular formula is C22H30Cl2N6O2. The normalized spacial score (nSPS) is 14.5. The molecule has 0 atom stereocenters. The van der Waals surface area contributed by atoms with Crippen LogP contribution in [0.5, 0.6) is 0 Å². The molecular weight excluding hydrogens is 451 g/mol. The molecule has 4 heterocycles. The largest absolute Gasteiger partial charge is 0.458 e. The molecule has 10 heteroatoms. The number of carbonyl (C=O) groups is 1. The van der Waals surface area contributed by atoms with Gasteiger partial charge in [0.25, 0.3) is 0 Å². The van der Waals surface area contributed by atoms with Crippen molar-refractivity contribution < 1.29 is 9.21 Å². The average Bonchev–Trinajstić information content (AvgIpc) is 3.28. The van der Waals surface area contributed by atoms with E-state index in [2.05, 4.69) is 32.3 Å². The fourth-order valence-electron chi connectivity index (χ4n) is 3.85. The van der Waals surface area contributed by atoms with Crippen molar-refractivity contribution in [3.63, 3.8) is 0 Å². The van der Waals surface area contributed by atoms with E-state index in [1.165, 1.54) is 0 Å². The number of hydrogen-bond acceptors (Lipinski definition) is 6. The molecule has 0 unspecified atom stereocenters. The number of halogens is 2. The summed E-state index contributed by atoms with van der Waals surface area (Å²) in [4.78, 5) is 24.2. The van der Waals surface area contributed by atoms with Crippen molar-refractivity contribution in [1.82, 2.24) is 24.6 Å². The molecule has 32 heavy (non-hydrogen) atoms. The second kappa shape index (κ2) is 10.9. The summed E-state index contributed by atoms with van der Waals surface area (Å²) in [6, 6.07) is 7.44. The van der Waals surface area contributed by atoms with Crippen molar-refractivity contribution in [3.05, 3.63) is 41.4 Å². The minimum absolute atomic E-state index is 0. The number of nitrogens with one attached hydrogen (secondary N) is 1. The van der Waals surface area contributed by atoms with Gasteiger partial charge < -0.3 is 14.6 Å². The van der Waals surface area contributed by atoms with Crippen LogP contribution in [0.2, 0.25) is 0 Å². The zero-order valence-electron chi connectivity index (χ0n) is 18.8. The summed E-state index contributed by atoms with van der Waals surface area (Å²) in [5.74, 6) is 3.18. The molecule has 1 fully saturated rings. The topological polar surface area (TPSA) is 89.1 Å². The number of nitrogens with zero attached hydrogens (tertiary/aromatic N) is 5. The predicted molar refractivity (Wildman–Crippen MR) is 129 cm³/mol. The molecule has 0 aromatic carbocycles. The van der Waals surface area contributed by atoms with Gasteiger partial charge in [-0.3, -0.25) is 4.79 Å². The molecule has 1 aliphatic heterocycles. The molecule has 3 aromatic rings. The molecule has 1 N–H and O–H groups in total. The molecule has 4 rings (SSSR count). The number of aromatic nitrogens is 4. The number of furan rings is 1. The van der Waals surface area contributed by atoms with Crippen LogP contribution in [0.3, 0.4) is 0 Å². The second-order valence-corrected chi connectivity index (χ2v) is 8.18. The van der Waals surface area contributed by atoms with Gasteiger partial charge in [-0.15, -0.1) is 24.8 Å². The van der Waals surface area contributed by atoms with Gasteiger partial charge in [0.2, 0.25) is 5.91 Å². The van der Waals surface area contributed by atoms with Gasteiger partial charge in [-0.25, -0.2) is 14.6 Å². The quantitative estimate of drug-likeness (QED) is 0.583. The van der Waals surface area contributed by atoms with E-state index in [1.54, 1.807) is 10.7 Å². The maximum absolute atomic E-state index is 12.7. The third-order valence-electron chi connectivity index (χ3n) is 5.48. The molecule has 0 saturated carbocycles. The molecule has 0 aliphatic carbocycles. The van der Waals surface area contributed by atoms with Crippen LogP contribution in [0.4, 0.5) is 5.82 Å². The lowest BCUT2D eigenvalue weighted by molar-refractivity contribution is -0.117. The summed E-state index contributed by atoms with van der Waals surface area (Å²) < 4.78 is 7.47. The van der Waals surface area contributed by atoms with Crippen LogP contribution in [0, 0.1) is 26.7 Å². The van der Waals surface area contributed by atoms with Crippen LogP contribution >= 0.6 is 24.8 Å². The lowest BCUT2D eigenvalue weighted by Crippen LogP contribution is -2.32. The Kier molecular flexibility index (Phi) is 8.83. The van der Waals surface area contributed by atoms with Crippen molar-refractivity contribution in [1.29, 1.82) is 0 Å². The number of hydrogen-bond donors (Lipinski definition) is 1. The Morgan fingerprint density at radius 2 is 1.84 bits per heavy atom. The van der Waals surface area contributed by atoms with Gasteiger partial charge >= 0.3 is 0 Å². The minimum atomic E-state index is -0.0239. The fourth-order valence-corrected chi connectivity index (χ4v) is 3.85. The zero-order chi connectivity index (χ0) is 21.3. The SMILES string of the molecule is Cc1cc(C)n(-c2cc(NC(=O)CC3CCN(C)CC3)nc(-c3ccc(C)o3)n2)n1.Cl.Cl. The van der Waals surface area contributed by atoms with Crippen LogP contribution < -0.4 is 5.32 Å². The number of aryl methyl sites for hydroxylation is 3. The van der Waals surface area contributed by atoms with Crippen LogP contribution in [0.1, 0.15) is 36.4 Å². The first-order valence-corrected chi connectivity index (χ1v) is 10.4. The molecule has 1 aliphatic rings. The smallest absolute Gasteiger partial charge is 0.225 e. The van der Waals surface area contributed by atoms with Gasteiger partial charge in [0, 0.05) is 18.2 Å². The number of rotatable bonds is 5. The standard InChI is InChI=1S/C22H28N6O2.2ClH/c1-14-11-15(2)28(26-14)20-13-19(24-22(25-20)18-6-5-16(3)30-18)23-21(29)12-17-7-9-27(4)10-8-17;;/h5-6,11,13,17H,7-10,12H2,1-4H3,(H,23,24,25,29);2*1H. The van der Waals surface area contributed by atoms with E-state index in [9.17, 15) is 4.79 Å². The average molecular weight is 481 g/mol. The van der Waals surface area contributed by atoms with Crippen molar-refractivity contribution in [2.24, 2.45) is 5.92 Å².